The van der Waals surface area contributed by atoms with E-state index in [-0.39, 0.29) is 5.91 Å². The highest BCUT2D eigenvalue weighted by molar-refractivity contribution is 6.36. The minimum absolute atomic E-state index is 0.0396. The number of carbonyl (C=O) groups is 1. The molecule has 2 heterocycles. The van der Waals surface area contributed by atoms with E-state index >= 15 is 0 Å². The number of nitrogens with one attached hydrogen (secondary N) is 1. The number of amides is 1. The molecule has 0 atom stereocenters. The highest BCUT2D eigenvalue weighted by Crippen LogP contribution is 2.40. The largest absolute Gasteiger partial charge is 0.399 e. The van der Waals surface area contributed by atoms with Crippen molar-refractivity contribution in [3.63, 3.8) is 0 Å². The molecule has 1 aliphatic rings. The van der Waals surface area contributed by atoms with E-state index < -0.39 is 0 Å². The maximum Gasteiger partial charge on any atom is 0.259 e. The SMILES string of the molecule is Cc1cc(C)c(C=C2C(=O)N(Cc3cccc(Cl)c3)c3ccc(N)cc32)[nH]1. The number of anilines is 2. The number of aromatic amines is 1. The van der Waals surface area contributed by atoms with Crippen LogP contribution in [0.4, 0.5) is 11.4 Å². The summed E-state index contributed by atoms with van der Waals surface area (Å²) in [6, 6.07) is 15.2. The zero-order chi connectivity index (χ0) is 19.1. The molecule has 0 saturated carbocycles. The Kier molecular flexibility index (Phi) is 4.28. The fraction of sp³-hybridized carbons (Fsp3) is 0.136. The smallest absolute Gasteiger partial charge is 0.259 e. The number of carbonyl (C=O) groups excluding carboxylic acids is 1. The molecule has 2 aromatic carbocycles. The van der Waals surface area contributed by atoms with Crippen LogP contribution in [0.25, 0.3) is 11.6 Å². The number of nitrogen functional groups attached to an aromatic ring is 1. The third-order valence-corrected chi connectivity index (χ3v) is 5.02. The van der Waals surface area contributed by atoms with Gasteiger partial charge in [0.15, 0.2) is 0 Å². The molecule has 136 valence electrons. The number of nitrogens with zero attached hydrogens (tertiary/aromatic N) is 1. The molecule has 5 heteroatoms. The number of rotatable bonds is 3. The number of hydrogen-bond donors (Lipinski definition) is 2. The van der Waals surface area contributed by atoms with Crippen LogP contribution < -0.4 is 10.6 Å². The predicted molar refractivity (Wildman–Crippen MR) is 112 cm³/mol. The fourth-order valence-electron chi connectivity index (χ4n) is 3.53. The molecular weight excluding hydrogens is 358 g/mol. The van der Waals surface area contributed by atoms with Crippen molar-refractivity contribution < 1.29 is 4.79 Å². The van der Waals surface area contributed by atoms with Gasteiger partial charge in [-0.25, -0.2) is 0 Å². The highest BCUT2D eigenvalue weighted by Gasteiger charge is 2.32. The Bertz CT molecular complexity index is 1080. The average molecular weight is 378 g/mol. The quantitative estimate of drug-likeness (QED) is 0.500. The Balaban J connectivity index is 1.79. The lowest BCUT2D eigenvalue weighted by atomic mass is 10.0. The summed E-state index contributed by atoms with van der Waals surface area (Å²) in [6.45, 7) is 4.48. The first-order chi connectivity index (χ1) is 12.9. The molecule has 3 aromatic rings. The molecule has 27 heavy (non-hydrogen) atoms. The average Bonchev–Trinajstić information content (AvgIpc) is 3.06. The van der Waals surface area contributed by atoms with Gasteiger partial charge in [0, 0.05) is 27.7 Å². The Labute approximate surface area is 163 Å². The topological polar surface area (TPSA) is 62.1 Å². The molecule has 1 aliphatic heterocycles. The summed E-state index contributed by atoms with van der Waals surface area (Å²) in [5.74, 6) is -0.0396. The van der Waals surface area contributed by atoms with Crippen molar-refractivity contribution >= 4 is 40.5 Å². The zero-order valence-electron chi connectivity index (χ0n) is 15.2. The maximum atomic E-state index is 13.3. The van der Waals surface area contributed by atoms with Crippen molar-refractivity contribution in [2.24, 2.45) is 0 Å². The van der Waals surface area contributed by atoms with Gasteiger partial charge in [0.1, 0.15) is 0 Å². The molecule has 0 saturated heterocycles. The van der Waals surface area contributed by atoms with Gasteiger partial charge in [-0.1, -0.05) is 23.7 Å². The van der Waals surface area contributed by atoms with Gasteiger partial charge in [0.25, 0.3) is 5.91 Å². The van der Waals surface area contributed by atoms with Crippen molar-refractivity contribution in [2.75, 3.05) is 10.6 Å². The molecule has 1 aromatic heterocycles. The van der Waals surface area contributed by atoms with E-state index in [0.717, 1.165) is 33.8 Å². The summed E-state index contributed by atoms with van der Waals surface area (Å²) < 4.78 is 0. The van der Waals surface area contributed by atoms with Crippen LogP contribution in [0.3, 0.4) is 0 Å². The predicted octanol–water partition coefficient (Wildman–Crippen LogP) is 4.95. The van der Waals surface area contributed by atoms with E-state index in [1.165, 1.54) is 0 Å². The first-order valence-electron chi connectivity index (χ1n) is 8.76. The normalized spacial score (nSPS) is 14.9. The van der Waals surface area contributed by atoms with Crippen LogP contribution >= 0.6 is 11.6 Å². The van der Waals surface area contributed by atoms with E-state index in [1.54, 1.807) is 4.90 Å². The Hall–Kier alpha value is -2.98. The van der Waals surface area contributed by atoms with Crippen LogP contribution in [0.1, 0.15) is 28.1 Å². The van der Waals surface area contributed by atoms with Crippen LogP contribution in [0, 0.1) is 13.8 Å². The number of nitrogens with two attached hydrogens (primary N) is 1. The lowest BCUT2D eigenvalue weighted by Crippen LogP contribution is -2.25. The third-order valence-electron chi connectivity index (χ3n) is 4.79. The lowest BCUT2D eigenvalue weighted by Gasteiger charge is -2.17. The fourth-order valence-corrected chi connectivity index (χ4v) is 3.75. The first-order valence-corrected chi connectivity index (χ1v) is 9.14. The van der Waals surface area contributed by atoms with Gasteiger partial charge in [0.05, 0.1) is 17.8 Å². The molecule has 3 N–H and O–H groups in total. The first kappa shape index (κ1) is 17.4. The van der Waals surface area contributed by atoms with Crippen LogP contribution in [-0.2, 0) is 11.3 Å². The van der Waals surface area contributed by atoms with E-state index in [4.69, 9.17) is 17.3 Å². The second kappa shape index (κ2) is 6.63. The zero-order valence-corrected chi connectivity index (χ0v) is 16.0. The standard InChI is InChI=1S/C22H20ClN3O/c1-13-8-14(2)25-20(13)11-19-18-10-17(24)6-7-21(18)26(22(19)27)12-15-4-3-5-16(23)9-15/h3-11,25H,12,24H2,1-2H3. The Morgan fingerprint density at radius 1 is 1.15 bits per heavy atom. The lowest BCUT2D eigenvalue weighted by molar-refractivity contribution is -0.113. The monoisotopic (exact) mass is 377 g/mol. The molecule has 0 spiro atoms. The summed E-state index contributed by atoms with van der Waals surface area (Å²) in [5, 5.41) is 0.657. The van der Waals surface area contributed by atoms with Crippen LogP contribution in [0.5, 0.6) is 0 Å². The van der Waals surface area contributed by atoms with Gasteiger partial charge in [-0.05, 0) is 67.4 Å². The number of aryl methyl sites for hydroxylation is 2. The number of hydrogen-bond acceptors (Lipinski definition) is 2. The summed E-state index contributed by atoms with van der Waals surface area (Å²) in [5.41, 5.74) is 13.1. The van der Waals surface area contributed by atoms with Crippen molar-refractivity contribution in [3.8, 4) is 0 Å². The van der Waals surface area contributed by atoms with Crippen molar-refractivity contribution in [1.29, 1.82) is 0 Å². The Morgan fingerprint density at radius 2 is 1.96 bits per heavy atom. The van der Waals surface area contributed by atoms with Crippen LogP contribution in [0.2, 0.25) is 5.02 Å². The summed E-state index contributed by atoms with van der Waals surface area (Å²) in [6.07, 6.45) is 1.92. The summed E-state index contributed by atoms with van der Waals surface area (Å²) >= 11 is 6.11. The molecular formula is C22H20ClN3O. The maximum absolute atomic E-state index is 13.3. The molecule has 0 aliphatic carbocycles. The highest BCUT2D eigenvalue weighted by atomic mass is 35.5. The third kappa shape index (κ3) is 3.24. The van der Waals surface area contributed by atoms with Gasteiger partial charge in [-0.3, -0.25) is 4.79 Å². The van der Waals surface area contributed by atoms with E-state index in [2.05, 4.69) is 11.1 Å². The van der Waals surface area contributed by atoms with E-state index in [0.29, 0.717) is 22.8 Å². The van der Waals surface area contributed by atoms with Gasteiger partial charge >= 0.3 is 0 Å². The minimum atomic E-state index is -0.0396. The summed E-state index contributed by atoms with van der Waals surface area (Å²) in [7, 11) is 0. The molecule has 4 rings (SSSR count). The molecule has 0 radical (unpaired) electrons. The number of halogens is 1. The van der Waals surface area contributed by atoms with Crippen LogP contribution in [-0.4, -0.2) is 10.9 Å². The summed E-state index contributed by atoms with van der Waals surface area (Å²) in [4.78, 5) is 18.3. The molecule has 0 fully saturated rings. The van der Waals surface area contributed by atoms with Crippen molar-refractivity contribution in [2.45, 2.75) is 20.4 Å². The molecule has 1 amide bonds. The second-order valence-corrected chi connectivity index (χ2v) is 7.34. The van der Waals surface area contributed by atoms with Gasteiger partial charge < -0.3 is 15.6 Å². The van der Waals surface area contributed by atoms with E-state index in [9.17, 15) is 4.79 Å². The molecule has 0 unspecified atom stereocenters. The van der Waals surface area contributed by atoms with Gasteiger partial charge in [-0.15, -0.1) is 0 Å². The number of aromatic nitrogens is 1. The second-order valence-electron chi connectivity index (χ2n) is 6.90. The van der Waals surface area contributed by atoms with Gasteiger partial charge in [0.2, 0.25) is 0 Å². The molecule has 4 nitrogen and oxygen atoms in total. The van der Waals surface area contributed by atoms with Gasteiger partial charge in [-0.2, -0.15) is 0 Å². The number of H-pyrrole nitrogens is 1. The van der Waals surface area contributed by atoms with E-state index in [1.807, 2.05) is 62.4 Å². The Morgan fingerprint density at radius 3 is 2.67 bits per heavy atom. The van der Waals surface area contributed by atoms with Crippen LogP contribution in [0.15, 0.2) is 48.5 Å². The van der Waals surface area contributed by atoms with Crippen molar-refractivity contribution in [1.82, 2.24) is 4.98 Å². The number of fused-ring (bicyclic) bond motifs is 1. The van der Waals surface area contributed by atoms with Crippen molar-refractivity contribution in [3.05, 3.63) is 81.6 Å². The minimum Gasteiger partial charge on any atom is -0.399 e. The molecule has 0 bridgehead atoms. The number of benzene rings is 2.